The lowest BCUT2D eigenvalue weighted by atomic mass is 10.1. The molecule has 2 N–H and O–H groups in total. The van der Waals surface area contributed by atoms with E-state index < -0.39 is 18.0 Å². The smallest absolute Gasteiger partial charge is 0.331 e. The van der Waals surface area contributed by atoms with E-state index in [1.807, 2.05) is 6.92 Å². The predicted octanol–water partition coefficient (Wildman–Crippen LogP) is 0.222. The van der Waals surface area contributed by atoms with Gasteiger partial charge >= 0.3 is 12.0 Å². The molecule has 1 rings (SSSR count). The van der Waals surface area contributed by atoms with Gasteiger partial charge in [0, 0.05) is 33.0 Å². The van der Waals surface area contributed by atoms with Crippen LogP contribution in [0.15, 0.2) is 12.4 Å². The van der Waals surface area contributed by atoms with E-state index in [0.717, 1.165) is 0 Å². The molecule has 0 bridgehead atoms. The number of hydrogen-bond donors (Lipinski definition) is 2. The fourth-order valence-electron chi connectivity index (χ4n) is 1.66. The van der Waals surface area contributed by atoms with Crippen LogP contribution in [0, 0.1) is 0 Å². The molecule has 1 aromatic heterocycles. The topological polar surface area (TPSA) is 96.7 Å². The summed E-state index contributed by atoms with van der Waals surface area (Å²) in [5.74, 6) is -1.14. The third-order valence-electron chi connectivity index (χ3n) is 2.96. The average molecular weight is 284 g/mol. The van der Waals surface area contributed by atoms with Crippen molar-refractivity contribution in [3.63, 3.8) is 0 Å². The van der Waals surface area contributed by atoms with Crippen molar-refractivity contribution < 1.29 is 19.4 Å². The maximum absolute atomic E-state index is 12.0. The number of amides is 2. The van der Waals surface area contributed by atoms with Gasteiger partial charge in [0.2, 0.25) is 0 Å². The lowest BCUT2D eigenvalue weighted by Gasteiger charge is -2.26. The third-order valence-corrected chi connectivity index (χ3v) is 2.96. The monoisotopic (exact) mass is 284 g/mol. The van der Waals surface area contributed by atoms with E-state index >= 15 is 0 Å². The van der Waals surface area contributed by atoms with Crippen molar-refractivity contribution in [2.24, 2.45) is 7.05 Å². The van der Waals surface area contributed by atoms with Gasteiger partial charge in [-0.15, -0.1) is 0 Å². The molecule has 0 spiro atoms. The fourth-order valence-corrected chi connectivity index (χ4v) is 1.66. The zero-order chi connectivity index (χ0) is 15.3. The van der Waals surface area contributed by atoms with Crippen molar-refractivity contribution in [2.45, 2.75) is 19.0 Å². The summed E-state index contributed by atoms with van der Waals surface area (Å²) in [7, 11) is 4.80. The summed E-state index contributed by atoms with van der Waals surface area (Å²) in [6.07, 6.45) is 2.97. The maximum Gasteiger partial charge on any atom is 0.331 e. The highest BCUT2D eigenvalue weighted by Gasteiger charge is 2.26. The summed E-state index contributed by atoms with van der Waals surface area (Å²) < 4.78 is 6.44. The molecule has 1 aromatic rings. The van der Waals surface area contributed by atoms with Gasteiger partial charge in [-0.3, -0.25) is 4.68 Å². The number of ether oxygens (including phenoxy) is 1. The van der Waals surface area contributed by atoms with E-state index in [0.29, 0.717) is 12.2 Å². The molecule has 0 fully saturated rings. The highest BCUT2D eigenvalue weighted by molar-refractivity contribution is 5.83. The summed E-state index contributed by atoms with van der Waals surface area (Å²) in [5.41, 5.74) is 0.418. The lowest BCUT2D eigenvalue weighted by molar-refractivity contribution is -0.139. The third kappa shape index (κ3) is 3.95. The average Bonchev–Trinajstić information content (AvgIpc) is 2.80. The van der Waals surface area contributed by atoms with Gasteiger partial charge in [0.15, 0.2) is 6.04 Å². The first kappa shape index (κ1) is 16.0. The largest absolute Gasteiger partial charge is 0.479 e. The van der Waals surface area contributed by atoms with Gasteiger partial charge in [0.05, 0.1) is 18.8 Å². The summed E-state index contributed by atoms with van der Waals surface area (Å²) in [6, 6.07) is -1.78. The van der Waals surface area contributed by atoms with Crippen molar-refractivity contribution >= 4 is 12.0 Å². The molecule has 0 aromatic carbocycles. The first-order chi connectivity index (χ1) is 9.36. The molecule has 0 aliphatic rings. The first-order valence-electron chi connectivity index (χ1n) is 6.10. The van der Waals surface area contributed by atoms with Crippen LogP contribution in [0.4, 0.5) is 4.79 Å². The summed E-state index contributed by atoms with van der Waals surface area (Å²) in [5, 5.41) is 15.6. The van der Waals surface area contributed by atoms with Crippen molar-refractivity contribution in [3.05, 3.63) is 18.0 Å². The molecular weight excluding hydrogens is 264 g/mol. The number of urea groups is 1. The molecule has 0 saturated carbocycles. The highest BCUT2D eigenvalue weighted by atomic mass is 16.5. The number of hydrogen-bond acceptors (Lipinski definition) is 4. The minimum absolute atomic E-state index is 0.164. The van der Waals surface area contributed by atoms with E-state index in [1.165, 1.54) is 22.9 Å². The molecule has 8 nitrogen and oxygen atoms in total. The molecule has 2 amide bonds. The number of aryl methyl sites for hydroxylation is 1. The van der Waals surface area contributed by atoms with Crippen LogP contribution in [0.5, 0.6) is 0 Å². The number of carboxylic acid groups (broad SMARTS) is 1. The van der Waals surface area contributed by atoms with Gasteiger partial charge in [-0.05, 0) is 6.92 Å². The Morgan fingerprint density at radius 2 is 2.25 bits per heavy atom. The van der Waals surface area contributed by atoms with Gasteiger partial charge in [-0.1, -0.05) is 0 Å². The van der Waals surface area contributed by atoms with Gasteiger partial charge < -0.3 is 20.1 Å². The van der Waals surface area contributed by atoms with Crippen LogP contribution in [0.25, 0.3) is 0 Å². The van der Waals surface area contributed by atoms with E-state index in [-0.39, 0.29) is 6.04 Å². The minimum atomic E-state index is -1.14. The van der Waals surface area contributed by atoms with Crippen molar-refractivity contribution in [1.29, 1.82) is 0 Å². The van der Waals surface area contributed by atoms with E-state index in [1.54, 1.807) is 20.3 Å². The molecule has 0 saturated heterocycles. The van der Waals surface area contributed by atoms with Crippen LogP contribution in [0.2, 0.25) is 0 Å². The standard InChI is InChI=1S/C12H20N4O4/c1-8(7-20-4)16(3)12(19)14-10(11(17)18)9-5-13-15(2)6-9/h5-6,8,10H,7H2,1-4H3,(H,14,19)(H,17,18). The number of carbonyl (C=O) groups is 2. The SMILES string of the molecule is COCC(C)N(C)C(=O)NC(C(=O)O)c1cnn(C)c1. The predicted molar refractivity (Wildman–Crippen MR) is 71.2 cm³/mol. The number of likely N-dealkylation sites (N-methyl/N-ethyl adjacent to an activating group) is 1. The van der Waals surface area contributed by atoms with Crippen molar-refractivity contribution in [3.8, 4) is 0 Å². The van der Waals surface area contributed by atoms with Crippen LogP contribution < -0.4 is 5.32 Å². The molecular formula is C12H20N4O4. The van der Waals surface area contributed by atoms with Gasteiger partial charge in [0.1, 0.15) is 0 Å². The molecule has 0 radical (unpaired) electrons. The Labute approximate surface area is 117 Å². The number of rotatable bonds is 6. The summed E-state index contributed by atoms with van der Waals surface area (Å²) in [6.45, 7) is 2.18. The highest BCUT2D eigenvalue weighted by Crippen LogP contribution is 2.12. The number of aliphatic carboxylic acids is 1. The zero-order valence-electron chi connectivity index (χ0n) is 12.0. The second-order valence-electron chi connectivity index (χ2n) is 4.58. The Balaban J connectivity index is 2.76. The Morgan fingerprint density at radius 3 is 2.70 bits per heavy atom. The second-order valence-corrected chi connectivity index (χ2v) is 4.58. The van der Waals surface area contributed by atoms with Crippen molar-refractivity contribution in [2.75, 3.05) is 20.8 Å². The zero-order valence-corrected chi connectivity index (χ0v) is 12.0. The Morgan fingerprint density at radius 1 is 1.60 bits per heavy atom. The molecule has 0 aliphatic carbocycles. The quantitative estimate of drug-likeness (QED) is 0.779. The van der Waals surface area contributed by atoms with Crippen LogP contribution in [0.3, 0.4) is 0 Å². The molecule has 0 aliphatic heterocycles. The maximum atomic E-state index is 12.0. The van der Waals surface area contributed by atoms with Crippen LogP contribution in [-0.2, 0) is 16.6 Å². The summed E-state index contributed by atoms with van der Waals surface area (Å²) in [4.78, 5) is 24.7. The molecule has 8 heteroatoms. The van der Waals surface area contributed by atoms with Crippen LogP contribution in [0.1, 0.15) is 18.5 Å². The number of methoxy groups -OCH3 is 1. The Bertz CT molecular complexity index is 474. The van der Waals surface area contributed by atoms with Gasteiger partial charge in [-0.25, -0.2) is 9.59 Å². The minimum Gasteiger partial charge on any atom is -0.479 e. The Hall–Kier alpha value is -2.09. The number of carboxylic acids is 1. The van der Waals surface area contributed by atoms with Gasteiger partial charge in [-0.2, -0.15) is 5.10 Å². The fraction of sp³-hybridized carbons (Fsp3) is 0.583. The number of nitrogens with one attached hydrogen (secondary N) is 1. The Kier molecular flexibility index (Phi) is 5.51. The first-order valence-corrected chi connectivity index (χ1v) is 6.10. The second kappa shape index (κ2) is 6.90. The molecule has 2 unspecified atom stereocenters. The van der Waals surface area contributed by atoms with Crippen molar-refractivity contribution in [1.82, 2.24) is 20.0 Å². The molecule has 1 heterocycles. The number of aromatic nitrogens is 2. The van der Waals surface area contributed by atoms with E-state index in [9.17, 15) is 14.7 Å². The number of carbonyl (C=O) groups excluding carboxylic acids is 1. The molecule has 112 valence electrons. The number of nitrogens with zero attached hydrogens (tertiary/aromatic N) is 3. The van der Waals surface area contributed by atoms with Crippen LogP contribution >= 0.6 is 0 Å². The van der Waals surface area contributed by atoms with E-state index in [4.69, 9.17) is 4.74 Å². The molecule has 2 atom stereocenters. The normalized spacial score (nSPS) is 13.6. The lowest BCUT2D eigenvalue weighted by Crippen LogP contribution is -2.46. The van der Waals surface area contributed by atoms with Crippen LogP contribution in [-0.4, -0.2) is 58.6 Å². The molecule has 20 heavy (non-hydrogen) atoms. The van der Waals surface area contributed by atoms with Gasteiger partial charge in [0.25, 0.3) is 0 Å². The summed E-state index contributed by atoms with van der Waals surface area (Å²) >= 11 is 0. The van der Waals surface area contributed by atoms with E-state index in [2.05, 4.69) is 10.4 Å².